The van der Waals surface area contributed by atoms with Crippen molar-refractivity contribution in [2.45, 2.75) is 33.6 Å². The molecule has 122 valence electrons. The van der Waals surface area contributed by atoms with Gasteiger partial charge in [0.2, 0.25) is 0 Å². The molecule has 23 heavy (non-hydrogen) atoms. The van der Waals surface area contributed by atoms with E-state index in [-0.39, 0.29) is 5.69 Å². The normalized spacial score (nSPS) is 10.8. The van der Waals surface area contributed by atoms with Gasteiger partial charge in [-0.3, -0.25) is 4.90 Å². The van der Waals surface area contributed by atoms with E-state index in [2.05, 4.69) is 43.6 Å². The Morgan fingerprint density at radius 3 is 2.78 bits per heavy atom. The summed E-state index contributed by atoms with van der Waals surface area (Å²) >= 11 is 1.31. The lowest BCUT2D eigenvalue weighted by molar-refractivity contribution is 0.0691. The number of aryl methyl sites for hydroxylation is 2. The Hall–Kier alpha value is -2.14. The fraction of sp³-hybridized carbons (Fsp3) is 0.333. The number of rotatable bonds is 7. The molecule has 0 atom stereocenters. The van der Waals surface area contributed by atoms with E-state index in [1.165, 1.54) is 16.9 Å². The van der Waals surface area contributed by atoms with Crippen molar-refractivity contribution >= 4 is 28.1 Å². The number of nitrogens with zero attached hydrogens (tertiary/aromatic N) is 2. The maximum absolute atomic E-state index is 11.1. The summed E-state index contributed by atoms with van der Waals surface area (Å²) in [6.07, 6.45) is 3.76. The Labute approximate surface area is 141 Å². The average Bonchev–Trinajstić information content (AvgIpc) is 2.97. The highest BCUT2D eigenvalue weighted by atomic mass is 32.1. The maximum Gasteiger partial charge on any atom is 0.355 e. The van der Waals surface area contributed by atoms with Gasteiger partial charge in [0.05, 0.1) is 5.69 Å². The zero-order valence-corrected chi connectivity index (χ0v) is 14.6. The molecule has 0 amide bonds. The van der Waals surface area contributed by atoms with E-state index in [9.17, 15) is 4.79 Å². The summed E-state index contributed by atoms with van der Waals surface area (Å²) < 4.78 is 0. The molecule has 2 rings (SSSR count). The first kappa shape index (κ1) is 17.2. The molecule has 1 N–H and O–H groups in total. The average molecular weight is 330 g/mol. The Kier molecular flexibility index (Phi) is 5.55. The molecule has 0 fully saturated rings. The zero-order valence-electron chi connectivity index (χ0n) is 13.7. The number of aromatic carboxylic acids is 1. The third-order valence-corrected chi connectivity index (χ3v) is 4.43. The quantitative estimate of drug-likeness (QED) is 0.774. The van der Waals surface area contributed by atoms with Crippen LogP contribution in [0.4, 0.5) is 10.8 Å². The minimum atomic E-state index is -1.01. The van der Waals surface area contributed by atoms with Crippen LogP contribution in [0, 0.1) is 12.8 Å². The summed E-state index contributed by atoms with van der Waals surface area (Å²) in [5.41, 5.74) is 3.45. The molecule has 1 heterocycles. The first-order valence-corrected chi connectivity index (χ1v) is 8.50. The van der Waals surface area contributed by atoms with Gasteiger partial charge in [-0.25, -0.2) is 9.78 Å². The topological polar surface area (TPSA) is 53.4 Å². The third kappa shape index (κ3) is 4.20. The van der Waals surface area contributed by atoms with Gasteiger partial charge in [-0.05, 0) is 42.9 Å². The lowest BCUT2D eigenvalue weighted by Crippen LogP contribution is -2.11. The molecular weight excluding hydrogens is 308 g/mol. The molecule has 4 nitrogen and oxygen atoms in total. The number of hydrogen-bond donors (Lipinski definition) is 1. The molecule has 0 spiro atoms. The smallest absolute Gasteiger partial charge is 0.355 e. The SMILES string of the molecule is C=CN(c1nc(C(=O)O)cs1)c1cc(C)ccc1CCC(C)C. The number of carboxylic acid groups (broad SMARTS) is 1. The van der Waals surface area contributed by atoms with Gasteiger partial charge >= 0.3 is 5.97 Å². The van der Waals surface area contributed by atoms with Crippen molar-refractivity contribution < 1.29 is 9.90 Å². The number of hydrogen-bond acceptors (Lipinski definition) is 4. The molecule has 0 aliphatic heterocycles. The van der Waals surface area contributed by atoms with Crippen molar-refractivity contribution in [2.75, 3.05) is 4.90 Å². The van der Waals surface area contributed by atoms with Gasteiger partial charge in [0.15, 0.2) is 10.8 Å². The van der Waals surface area contributed by atoms with E-state index in [4.69, 9.17) is 5.11 Å². The highest BCUT2D eigenvalue weighted by Gasteiger charge is 2.17. The number of carbonyl (C=O) groups is 1. The monoisotopic (exact) mass is 330 g/mol. The van der Waals surface area contributed by atoms with Crippen molar-refractivity contribution in [2.24, 2.45) is 5.92 Å². The van der Waals surface area contributed by atoms with Gasteiger partial charge < -0.3 is 5.11 Å². The van der Waals surface area contributed by atoms with Crippen LogP contribution >= 0.6 is 11.3 Å². The van der Waals surface area contributed by atoms with E-state index in [1.54, 1.807) is 11.6 Å². The molecule has 2 aromatic rings. The fourth-order valence-corrected chi connectivity index (χ4v) is 3.11. The number of benzene rings is 1. The second-order valence-corrected chi connectivity index (χ2v) is 6.77. The van der Waals surface area contributed by atoms with Crippen LogP contribution in [-0.4, -0.2) is 16.1 Å². The molecule has 1 aromatic carbocycles. The van der Waals surface area contributed by atoms with Crippen LogP contribution in [0.5, 0.6) is 0 Å². The molecule has 0 saturated heterocycles. The molecule has 1 aromatic heterocycles. The summed E-state index contributed by atoms with van der Waals surface area (Å²) in [5.74, 6) is -0.388. The van der Waals surface area contributed by atoms with Crippen LogP contribution in [0.1, 0.15) is 41.9 Å². The molecule has 0 unspecified atom stereocenters. The van der Waals surface area contributed by atoms with Crippen LogP contribution < -0.4 is 4.90 Å². The molecule has 5 heteroatoms. The molecule has 0 aliphatic rings. The van der Waals surface area contributed by atoms with Crippen molar-refractivity contribution in [1.82, 2.24) is 4.98 Å². The van der Waals surface area contributed by atoms with Crippen molar-refractivity contribution in [1.29, 1.82) is 0 Å². The minimum Gasteiger partial charge on any atom is -0.476 e. The van der Waals surface area contributed by atoms with Gasteiger partial charge in [0.1, 0.15) is 0 Å². The second kappa shape index (κ2) is 7.42. The summed E-state index contributed by atoms with van der Waals surface area (Å²) in [4.78, 5) is 17.1. The Morgan fingerprint density at radius 1 is 1.48 bits per heavy atom. The molecule has 0 radical (unpaired) electrons. The summed E-state index contributed by atoms with van der Waals surface area (Å²) in [6, 6.07) is 6.33. The number of carboxylic acids is 1. The predicted octanol–water partition coefficient (Wildman–Crippen LogP) is 5.02. The first-order valence-electron chi connectivity index (χ1n) is 7.62. The van der Waals surface area contributed by atoms with Crippen molar-refractivity contribution in [3.63, 3.8) is 0 Å². The lowest BCUT2D eigenvalue weighted by Gasteiger charge is -2.21. The predicted molar refractivity (Wildman–Crippen MR) is 95.7 cm³/mol. The molecular formula is C18H22N2O2S. The summed E-state index contributed by atoms with van der Waals surface area (Å²) in [7, 11) is 0. The number of thiazole rings is 1. The Balaban J connectivity index is 2.40. The highest BCUT2D eigenvalue weighted by molar-refractivity contribution is 7.14. The van der Waals surface area contributed by atoms with E-state index in [1.807, 2.05) is 11.8 Å². The van der Waals surface area contributed by atoms with E-state index >= 15 is 0 Å². The van der Waals surface area contributed by atoms with Crippen LogP contribution in [0.3, 0.4) is 0 Å². The summed E-state index contributed by atoms with van der Waals surface area (Å²) in [5, 5.41) is 11.2. The van der Waals surface area contributed by atoms with Gasteiger partial charge in [-0.1, -0.05) is 32.6 Å². The third-order valence-electron chi connectivity index (χ3n) is 3.59. The van der Waals surface area contributed by atoms with Crippen LogP contribution in [0.2, 0.25) is 0 Å². The van der Waals surface area contributed by atoms with E-state index in [0.717, 1.165) is 24.1 Å². The van der Waals surface area contributed by atoms with E-state index < -0.39 is 5.97 Å². The van der Waals surface area contributed by atoms with E-state index in [0.29, 0.717) is 11.0 Å². The maximum atomic E-state index is 11.1. The molecule has 0 bridgehead atoms. The van der Waals surface area contributed by atoms with Gasteiger partial charge in [0, 0.05) is 11.6 Å². The van der Waals surface area contributed by atoms with Crippen LogP contribution in [0.25, 0.3) is 0 Å². The standard InChI is InChI=1S/C18H22N2O2S/c1-5-20(18-19-15(11-23-18)17(21)22)16-10-13(4)7-9-14(16)8-6-12(2)3/h5,7,9-12H,1,6,8H2,2-4H3,(H,21,22). The van der Waals surface area contributed by atoms with Gasteiger partial charge in [0.25, 0.3) is 0 Å². The van der Waals surface area contributed by atoms with Crippen molar-refractivity contribution in [3.8, 4) is 0 Å². The highest BCUT2D eigenvalue weighted by Crippen LogP contribution is 2.33. The number of anilines is 2. The lowest BCUT2D eigenvalue weighted by atomic mass is 9.99. The fourth-order valence-electron chi connectivity index (χ4n) is 2.31. The zero-order chi connectivity index (χ0) is 17.0. The van der Waals surface area contributed by atoms with Crippen LogP contribution in [0.15, 0.2) is 36.4 Å². The molecule has 0 aliphatic carbocycles. The van der Waals surface area contributed by atoms with Crippen LogP contribution in [-0.2, 0) is 6.42 Å². The Morgan fingerprint density at radius 2 is 2.22 bits per heavy atom. The largest absolute Gasteiger partial charge is 0.476 e. The summed E-state index contributed by atoms with van der Waals surface area (Å²) in [6.45, 7) is 10.3. The van der Waals surface area contributed by atoms with Gasteiger partial charge in [-0.2, -0.15) is 0 Å². The number of aromatic nitrogens is 1. The Bertz CT molecular complexity index is 707. The minimum absolute atomic E-state index is 0.0632. The van der Waals surface area contributed by atoms with Gasteiger partial charge in [-0.15, -0.1) is 11.3 Å². The first-order chi connectivity index (χ1) is 10.9. The van der Waals surface area contributed by atoms with Crippen molar-refractivity contribution in [3.05, 3.63) is 53.2 Å². The molecule has 0 saturated carbocycles. The second-order valence-electron chi connectivity index (χ2n) is 5.94.